The predicted octanol–water partition coefficient (Wildman–Crippen LogP) is 4.53. The van der Waals surface area contributed by atoms with Gasteiger partial charge in [0.25, 0.3) is 5.91 Å². The molecule has 1 heterocycles. The standard InChI is InChI=1S/C20H22ClNO2/c21-17-8-9-19(23)18(14-17)20(24)22-12-10-16(11-13-22)7-6-15-4-2-1-3-5-15/h1-5,8-9,14,16,23H,6-7,10-13H2. The number of carbonyl (C=O) groups excluding carboxylic acids is 1. The Morgan fingerprint density at radius 3 is 2.54 bits per heavy atom. The van der Waals surface area contributed by atoms with E-state index < -0.39 is 0 Å². The molecule has 3 rings (SSSR count). The molecule has 2 aromatic rings. The average Bonchev–Trinajstić information content (AvgIpc) is 2.63. The first-order valence-corrected chi connectivity index (χ1v) is 8.83. The van der Waals surface area contributed by atoms with Crippen LogP contribution in [0.1, 0.15) is 35.2 Å². The molecule has 3 nitrogen and oxygen atoms in total. The minimum Gasteiger partial charge on any atom is -0.507 e. The minimum absolute atomic E-state index is 0.00407. The topological polar surface area (TPSA) is 40.5 Å². The van der Waals surface area contributed by atoms with E-state index in [9.17, 15) is 9.90 Å². The third-order valence-corrected chi connectivity index (χ3v) is 5.01. The van der Waals surface area contributed by atoms with E-state index in [1.54, 1.807) is 12.1 Å². The number of phenolic OH excluding ortho intramolecular Hbond substituents is 1. The summed E-state index contributed by atoms with van der Waals surface area (Å²) in [6, 6.07) is 15.1. The van der Waals surface area contributed by atoms with Gasteiger partial charge in [0, 0.05) is 18.1 Å². The lowest BCUT2D eigenvalue weighted by Gasteiger charge is -2.32. The highest BCUT2D eigenvalue weighted by Gasteiger charge is 2.25. The highest BCUT2D eigenvalue weighted by Crippen LogP contribution is 2.27. The molecule has 0 saturated carbocycles. The number of amides is 1. The van der Waals surface area contributed by atoms with Gasteiger partial charge < -0.3 is 10.0 Å². The SMILES string of the molecule is O=C(c1cc(Cl)ccc1O)N1CCC(CCc2ccccc2)CC1. The summed E-state index contributed by atoms with van der Waals surface area (Å²) in [7, 11) is 0. The molecule has 0 spiro atoms. The van der Waals surface area contributed by atoms with E-state index in [1.165, 1.54) is 11.6 Å². The third-order valence-electron chi connectivity index (χ3n) is 4.77. The second-order valence-electron chi connectivity index (χ2n) is 6.42. The molecule has 1 N–H and O–H groups in total. The molecule has 0 aromatic heterocycles. The molecule has 0 unspecified atom stereocenters. The van der Waals surface area contributed by atoms with Crippen molar-refractivity contribution in [2.75, 3.05) is 13.1 Å². The quantitative estimate of drug-likeness (QED) is 0.886. The van der Waals surface area contributed by atoms with Crippen LogP contribution >= 0.6 is 11.6 Å². The lowest BCUT2D eigenvalue weighted by molar-refractivity contribution is 0.0684. The number of likely N-dealkylation sites (tertiary alicyclic amines) is 1. The fraction of sp³-hybridized carbons (Fsp3) is 0.350. The number of aromatic hydroxyl groups is 1. The van der Waals surface area contributed by atoms with Gasteiger partial charge in [0.15, 0.2) is 0 Å². The molecule has 24 heavy (non-hydrogen) atoms. The maximum absolute atomic E-state index is 12.6. The molecule has 0 bridgehead atoms. The Balaban J connectivity index is 1.53. The third kappa shape index (κ3) is 4.09. The zero-order chi connectivity index (χ0) is 16.9. The Kier molecular flexibility index (Phi) is 5.41. The summed E-state index contributed by atoms with van der Waals surface area (Å²) in [6.07, 6.45) is 4.28. The van der Waals surface area contributed by atoms with Gasteiger partial charge in [0.2, 0.25) is 0 Å². The van der Waals surface area contributed by atoms with Crippen molar-refractivity contribution in [3.63, 3.8) is 0 Å². The number of aryl methyl sites for hydroxylation is 1. The first-order valence-electron chi connectivity index (χ1n) is 8.45. The fourth-order valence-electron chi connectivity index (χ4n) is 3.29. The molecular formula is C20H22ClNO2. The lowest BCUT2D eigenvalue weighted by Crippen LogP contribution is -2.38. The highest BCUT2D eigenvalue weighted by molar-refractivity contribution is 6.31. The summed E-state index contributed by atoms with van der Waals surface area (Å²) < 4.78 is 0. The number of halogens is 1. The van der Waals surface area contributed by atoms with Crippen LogP contribution in [0.4, 0.5) is 0 Å². The van der Waals surface area contributed by atoms with E-state index in [4.69, 9.17) is 11.6 Å². The van der Waals surface area contributed by atoms with Crippen molar-refractivity contribution in [2.24, 2.45) is 5.92 Å². The van der Waals surface area contributed by atoms with Gasteiger partial charge in [-0.25, -0.2) is 0 Å². The van der Waals surface area contributed by atoms with Crippen molar-refractivity contribution in [3.05, 3.63) is 64.7 Å². The largest absolute Gasteiger partial charge is 0.507 e. The fourth-order valence-corrected chi connectivity index (χ4v) is 3.46. The number of rotatable bonds is 4. The predicted molar refractivity (Wildman–Crippen MR) is 96.5 cm³/mol. The number of benzene rings is 2. The number of piperidine rings is 1. The second kappa shape index (κ2) is 7.71. The Hall–Kier alpha value is -2.00. The lowest BCUT2D eigenvalue weighted by atomic mass is 9.90. The maximum Gasteiger partial charge on any atom is 0.257 e. The molecule has 1 amide bonds. The molecule has 0 aliphatic carbocycles. The van der Waals surface area contributed by atoms with Gasteiger partial charge in [-0.05, 0) is 55.4 Å². The molecular weight excluding hydrogens is 322 g/mol. The summed E-state index contributed by atoms with van der Waals surface area (Å²) in [4.78, 5) is 14.4. The van der Waals surface area contributed by atoms with Gasteiger partial charge in [-0.1, -0.05) is 41.9 Å². The molecule has 1 fully saturated rings. The van der Waals surface area contributed by atoms with Crippen LogP contribution in [0.25, 0.3) is 0 Å². The molecule has 0 atom stereocenters. The molecule has 1 saturated heterocycles. The van der Waals surface area contributed by atoms with Crippen molar-refractivity contribution in [3.8, 4) is 5.75 Å². The Morgan fingerprint density at radius 2 is 1.83 bits per heavy atom. The smallest absolute Gasteiger partial charge is 0.257 e. The summed E-state index contributed by atoms with van der Waals surface area (Å²) in [6.45, 7) is 1.48. The molecule has 1 aliphatic rings. The van der Waals surface area contributed by atoms with Crippen molar-refractivity contribution in [2.45, 2.75) is 25.7 Å². The molecule has 1 aliphatic heterocycles. The van der Waals surface area contributed by atoms with Gasteiger partial charge in [0.1, 0.15) is 5.75 Å². The van der Waals surface area contributed by atoms with Crippen molar-refractivity contribution >= 4 is 17.5 Å². The average molecular weight is 344 g/mol. The van der Waals surface area contributed by atoms with E-state index in [0.717, 1.165) is 38.8 Å². The van der Waals surface area contributed by atoms with Gasteiger partial charge in [-0.2, -0.15) is 0 Å². The zero-order valence-corrected chi connectivity index (χ0v) is 14.4. The van der Waals surface area contributed by atoms with Gasteiger partial charge in [-0.15, -0.1) is 0 Å². The van der Waals surface area contributed by atoms with E-state index in [0.29, 0.717) is 16.5 Å². The van der Waals surface area contributed by atoms with Gasteiger partial charge in [0.05, 0.1) is 5.56 Å². The van der Waals surface area contributed by atoms with E-state index in [2.05, 4.69) is 24.3 Å². The zero-order valence-electron chi connectivity index (χ0n) is 13.6. The first kappa shape index (κ1) is 16.8. The van der Waals surface area contributed by atoms with Crippen LogP contribution in [-0.4, -0.2) is 29.0 Å². The highest BCUT2D eigenvalue weighted by atomic mass is 35.5. The molecule has 0 radical (unpaired) electrons. The summed E-state index contributed by atoms with van der Waals surface area (Å²) in [5.41, 5.74) is 1.67. The summed E-state index contributed by atoms with van der Waals surface area (Å²) in [5.74, 6) is 0.523. The van der Waals surface area contributed by atoms with Crippen LogP contribution in [0.2, 0.25) is 5.02 Å². The number of hydrogen-bond acceptors (Lipinski definition) is 2. The van der Waals surface area contributed by atoms with Crippen LogP contribution in [0.5, 0.6) is 5.75 Å². The van der Waals surface area contributed by atoms with Crippen molar-refractivity contribution in [1.82, 2.24) is 4.90 Å². The van der Waals surface area contributed by atoms with E-state index in [1.807, 2.05) is 11.0 Å². The number of nitrogens with zero attached hydrogens (tertiary/aromatic N) is 1. The Morgan fingerprint density at radius 1 is 1.12 bits per heavy atom. The van der Waals surface area contributed by atoms with Gasteiger partial charge in [-0.3, -0.25) is 4.79 Å². The second-order valence-corrected chi connectivity index (χ2v) is 6.86. The van der Waals surface area contributed by atoms with Crippen LogP contribution in [-0.2, 0) is 6.42 Å². The van der Waals surface area contributed by atoms with Gasteiger partial charge >= 0.3 is 0 Å². The summed E-state index contributed by atoms with van der Waals surface area (Å²) >= 11 is 5.94. The monoisotopic (exact) mass is 343 g/mol. The van der Waals surface area contributed by atoms with Crippen LogP contribution < -0.4 is 0 Å². The van der Waals surface area contributed by atoms with Crippen molar-refractivity contribution < 1.29 is 9.90 Å². The van der Waals surface area contributed by atoms with Crippen LogP contribution in [0, 0.1) is 5.92 Å². The minimum atomic E-state index is -0.128. The Labute approximate surface area is 147 Å². The first-order chi connectivity index (χ1) is 11.6. The van der Waals surface area contributed by atoms with Crippen LogP contribution in [0.15, 0.2) is 48.5 Å². The van der Waals surface area contributed by atoms with Crippen LogP contribution in [0.3, 0.4) is 0 Å². The number of phenols is 1. The normalized spacial score (nSPS) is 15.5. The Bertz CT molecular complexity index is 694. The summed E-state index contributed by atoms with van der Waals surface area (Å²) in [5, 5.41) is 10.4. The molecule has 4 heteroatoms. The number of hydrogen-bond donors (Lipinski definition) is 1. The maximum atomic E-state index is 12.6. The van der Waals surface area contributed by atoms with Crippen molar-refractivity contribution in [1.29, 1.82) is 0 Å². The van der Waals surface area contributed by atoms with E-state index in [-0.39, 0.29) is 11.7 Å². The number of carbonyl (C=O) groups is 1. The molecule has 126 valence electrons. The molecule has 2 aromatic carbocycles. The van der Waals surface area contributed by atoms with E-state index >= 15 is 0 Å².